The van der Waals surface area contributed by atoms with Crippen LogP contribution >= 0.6 is 11.6 Å². The highest BCUT2D eigenvalue weighted by atomic mass is 35.5. The quantitative estimate of drug-likeness (QED) is 0.711. The van der Waals surface area contributed by atoms with Crippen molar-refractivity contribution >= 4 is 22.6 Å². The van der Waals surface area contributed by atoms with Crippen molar-refractivity contribution in [1.82, 2.24) is 24.6 Å². The third-order valence-electron chi connectivity index (χ3n) is 4.70. The van der Waals surface area contributed by atoms with Crippen LogP contribution in [0.4, 0.5) is 4.39 Å². The molecule has 0 atom stereocenters. The number of hydrogen-bond acceptors (Lipinski definition) is 4. The monoisotopic (exact) mass is 359 g/mol. The first-order valence-electron chi connectivity index (χ1n) is 8.57. The van der Waals surface area contributed by atoms with Gasteiger partial charge in [-0.15, -0.1) is 0 Å². The molecule has 7 heteroatoms. The molecule has 1 aromatic carbocycles. The lowest BCUT2D eigenvalue weighted by Crippen LogP contribution is -2.32. The van der Waals surface area contributed by atoms with E-state index in [1.165, 1.54) is 31.7 Å². The number of benzene rings is 1. The van der Waals surface area contributed by atoms with Crippen molar-refractivity contribution < 1.29 is 4.39 Å². The van der Waals surface area contributed by atoms with Gasteiger partial charge in [-0.05, 0) is 44.1 Å². The number of rotatable bonds is 4. The molecule has 3 heterocycles. The lowest BCUT2D eigenvalue weighted by atomic mass is 10.1. The molecule has 0 aliphatic carbocycles. The van der Waals surface area contributed by atoms with E-state index in [1.807, 2.05) is 4.68 Å². The summed E-state index contributed by atoms with van der Waals surface area (Å²) in [5, 5.41) is 5.57. The van der Waals surface area contributed by atoms with E-state index in [4.69, 9.17) is 11.6 Å². The summed E-state index contributed by atoms with van der Waals surface area (Å²) in [4.78, 5) is 11.1. The largest absolute Gasteiger partial charge is 0.301 e. The molecule has 0 unspecified atom stereocenters. The number of piperidine rings is 1. The molecule has 0 radical (unpaired) electrons. The van der Waals surface area contributed by atoms with Crippen molar-refractivity contribution in [1.29, 1.82) is 0 Å². The molecule has 0 amide bonds. The zero-order valence-corrected chi connectivity index (χ0v) is 14.6. The van der Waals surface area contributed by atoms with E-state index in [9.17, 15) is 4.39 Å². The molecule has 0 saturated carbocycles. The molecule has 2 aromatic heterocycles. The number of fused-ring (bicyclic) bond motifs is 1. The minimum atomic E-state index is -0.395. The van der Waals surface area contributed by atoms with E-state index >= 15 is 0 Å². The van der Waals surface area contributed by atoms with Gasteiger partial charge >= 0.3 is 0 Å². The number of likely N-dealkylation sites (tertiary alicyclic amines) is 1. The van der Waals surface area contributed by atoms with Crippen LogP contribution in [0.2, 0.25) is 5.02 Å². The maximum Gasteiger partial charge on any atom is 0.161 e. The van der Waals surface area contributed by atoms with Crippen LogP contribution in [0.3, 0.4) is 0 Å². The van der Waals surface area contributed by atoms with E-state index in [0.717, 1.165) is 37.2 Å². The molecule has 3 aromatic rings. The molecule has 4 rings (SSSR count). The molecule has 0 bridgehead atoms. The van der Waals surface area contributed by atoms with Crippen LogP contribution in [-0.4, -0.2) is 44.3 Å². The number of nitrogens with zero attached hydrogens (tertiary/aromatic N) is 5. The fourth-order valence-electron chi connectivity index (χ4n) is 3.37. The van der Waals surface area contributed by atoms with Crippen molar-refractivity contribution in [3.05, 3.63) is 41.6 Å². The molecule has 1 aliphatic heterocycles. The molecule has 25 heavy (non-hydrogen) atoms. The minimum Gasteiger partial charge on any atom is -0.301 e. The Hall–Kier alpha value is -2.05. The van der Waals surface area contributed by atoms with E-state index in [2.05, 4.69) is 20.0 Å². The highest BCUT2D eigenvalue weighted by Gasteiger charge is 2.16. The smallest absolute Gasteiger partial charge is 0.161 e. The van der Waals surface area contributed by atoms with Crippen molar-refractivity contribution in [2.75, 3.05) is 19.6 Å². The standard InChI is InChI=1S/C18H19ClFN5/c19-13-4-5-14(16(20)10-13)17-15-11-23-25(18(15)22-12-21-17)9-8-24-6-2-1-3-7-24/h4-5,10-12H,1-3,6-9H2. The molecule has 1 saturated heterocycles. The van der Waals surface area contributed by atoms with Crippen molar-refractivity contribution in [3.63, 3.8) is 0 Å². The Morgan fingerprint density at radius 1 is 1.08 bits per heavy atom. The summed E-state index contributed by atoms with van der Waals surface area (Å²) >= 11 is 5.85. The average Bonchev–Trinajstić information content (AvgIpc) is 3.04. The Bertz CT molecular complexity index is 888. The van der Waals surface area contributed by atoms with Crippen LogP contribution < -0.4 is 0 Å². The summed E-state index contributed by atoms with van der Waals surface area (Å²) in [5.41, 5.74) is 1.69. The van der Waals surface area contributed by atoms with E-state index in [0.29, 0.717) is 16.3 Å². The average molecular weight is 360 g/mol. The Morgan fingerprint density at radius 3 is 2.72 bits per heavy atom. The first-order valence-corrected chi connectivity index (χ1v) is 8.94. The van der Waals surface area contributed by atoms with Gasteiger partial charge in [0, 0.05) is 17.1 Å². The Morgan fingerprint density at radius 2 is 1.92 bits per heavy atom. The van der Waals surface area contributed by atoms with Gasteiger partial charge in [-0.1, -0.05) is 18.0 Å². The first kappa shape index (κ1) is 16.4. The summed E-state index contributed by atoms with van der Waals surface area (Å²) in [6, 6.07) is 4.60. The van der Waals surface area contributed by atoms with Gasteiger partial charge in [-0.2, -0.15) is 5.10 Å². The van der Waals surface area contributed by atoms with Crippen molar-refractivity contribution in [3.8, 4) is 11.3 Å². The zero-order valence-electron chi connectivity index (χ0n) is 13.8. The summed E-state index contributed by atoms with van der Waals surface area (Å²) in [7, 11) is 0. The second-order valence-electron chi connectivity index (χ2n) is 6.35. The number of aromatic nitrogens is 4. The Kier molecular flexibility index (Phi) is 4.63. The first-order chi connectivity index (χ1) is 12.2. The molecule has 0 spiro atoms. The van der Waals surface area contributed by atoms with E-state index in [1.54, 1.807) is 18.3 Å². The summed E-state index contributed by atoms with van der Waals surface area (Å²) in [6.45, 7) is 4.01. The van der Waals surface area contributed by atoms with Crippen LogP contribution in [0.15, 0.2) is 30.7 Å². The lowest BCUT2D eigenvalue weighted by molar-refractivity contribution is 0.219. The van der Waals surface area contributed by atoms with Gasteiger partial charge in [0.1, 0.15) is 12.1 Å². The SMILES string of the molecule is Fc1cc(Cl)ccc1-c1ncnc2c1cnn2CCN1CCCCC1. The van der Waals surface area contributed by atoms with Gasteiger partial charge in [-0.3, -0.25) is 0 Å². The number of halogens is 2. The maximum atomic E-state index is 14.3. The van der Waals surface area contributed by atoms with Gasteiger partial charge < -0.3 is 4.90 Å². The molecule has 130 valence electrons. The van der Waals surface area contributed by atoms with Gasteiger partial charge in [-0.25, -0.2) is 19.0 Å². The predicted molar refractivity (Wildman–Crippen MR) is 96.0 cm³/mol. The highest BCUT2D eigenvalue weighted by Crippen LogP contribution is 2.28. The van der Waals surface area contributed by atoms with Gasteiger partial charge in [0.05, 0.1) is 23.8 Å². The highest BCUT2D eigenvalue weighted by molar-refractivity contribution is 6.30. The van der Waals surface area contributed by atoms with Crippen LogP contribution in [0.1, 0.15) is 19.3 Å². The second kappa shape index (κ2) is 7.06. The summed E-state index contributed by atoms with van der Waals surface area (Å²) in [5.74, 6) is -0.395. The maximum absolute atomic E-state index is 14.3. The Balaban J connectivity index is 1.63. The third-order valence-corrected chi connectivity index (χ3v) is 4.93. The third kappa shape index (κ3) is 3.37. The zero-order chi connectivity index (χ0) is 17.2. The van der Waals surface area contributed by atoms with Gasteiger partial charge in [0.2, 0.25) is 0 Å². The Labute approximate surface area is 150 Å². The predicted octanol–water partition coefficient (Wildman–Crippen LogP) is 3.77. The fourth-order valence-corrected chi connectivity index (χ4v) is 3.53. The molecule has 1 aliphatic rings. The van der Waals surface area contributed by atoms with E-state index < -0.39 is 5.82 Å². The van der Waals surface area contributed by atoms with Crippen LogP contribution in [0.25, 0.3) is 22.3 Å². The lowest BCUT2D eigenvalue weighted by Gasteiger charge is -2.26. The van der Waals surface area contributed by atoms with Crippen LogP contribution in [0.5, 0.6) is 0 Å². The fraction of sp³-hybridized carbons (Fsp3) is 0.389. The van der Waals surface area contributed by atoms with Crippen LogP contribution in [0, 0.1) is 5.82 Å². The topological polar surface area (TPSA) is 46.8 Å². The van der Waals surface area contributed by atoms with Crippen LogP contribution in [-0.2, 0) is 6.54 Å². The van der Waals surface area contributed by atoms with Crippen molar-refractivity contribution in [2.45, 2.75) is 25.8 Å². The molecule has 0 N–H and O–H groups in total. The molecular formula is C18H19ClFN5. The van der Waals surface area contributed by atoms with Gasteiger partial charge in [0.15, 0.2) is 5.65 Å². The normalized spacial score (nSPS) is 15.8. The van der Waals surface area contributed by atoms with Gasteiger partial charge in [0.25, 0.3) is 0 Å². The second-order valence-corrected chi connectivity index (χ2v) is 6.79. The molecule has 5 nitrogen and oxygen atoms in total. The molecular weight excluding hydrogens is 341 g/mol. The number of hydrogen-bond donors (Lipinski definition) is 0. The summed E-state index contributed by atoms with van der Waals surface area (Å²) in [6.07, 6.45) is 7.04. The minimum absolute atomic E-state index is 0.365. The summed E-state index contributed by atoms with van der Waals surface area (Å²) < 4.78 is 16.2. The van der Waals surface area contributed by atoms with Crippen molar-refractivity contribution in [2.24, 2.45) is 0 Å². The molecule has 1 fully saturated rings. The van der Waals surface area contributed by atoms with E-state index in [-0.39, 0.29) is 0 Å².